The number of sulfonamides is 1. The number of nitrogens with one attached hydrogen (secondary N) is 1. The summed E-state index contributed by atoms with van der Waals surface area (Å²) < 4.78 is 26.7. The highest BCUT2D eigenvalue weighted by molar-refractivity contribution is 7.92. The van der Waals surface area contributed by atoms with Gasteiger partial charge in [0.1, 0.15) is 12.6 Å². The van der Waals surface area contributed by atoms with Crippen molar-refractivity contribution >= 4 is 62.3 Å². The number of rotatable bonds is 11. The third-order valence-electron chi connectivity index (χ3n) is 6.13. The van der Waals surface area contributed by atoms with Crippen LogP contribution in [0, 0.1) is 6.92 Å². The molecule has 11 heteroatoms. The summed E-state index contributed by atoms with van der Waals surface area (Å²) in [5, 5.41) is 3.79. The normalized spacial score (nSPS) is 12.1. The molecule has 1 N–H and O–H groups in total. The van der Waals surface area contributed by atoms with Gasteiger partial charge in [-0.25, -0.2) is 8.42 Å². The number of nitrogens with zero attached hydrogens (tertiary/aromatic N) is 2. The van der Waals surface area contributed by atoms with Crippen molar-refractivity contribution in [2.75, 3.05) is 23.7 Å². The van der Waals surface area contributed by atoms with E-state index in [9.17, 15) is 18.0 Å². The maximum atomic E-state index is 14.0. The molecule has 1 atom stereocenters. The van der Waals surface area contributed by atoms with Crippen LogP contribution in [0.3, 0.4) is 0 Å². The minimum Gasteiger partial charge on any atom is -0.355 e. The van der Waals surface area contributed by atoms with Crippen LogP contribution in [0.1, 0.15) is 23.6 Å². The average molecular weight is 611 g/mol. The van der Waals surface area contributed by atoms with Crippen molar-refractivity contribution in [1.29, 1.82) is 0 Å². The Morgan fingerprint density at radius 1 is 0.923 bits per heavy atom. The SMILES string of the molecule is CCNC(=O)[C@@H](Cc1ccccc1)N(Cc1c(Cl)cccc1Cl)C(=O)CN(c1ccc(C)c(Cl)c1)S(C)(=O)=O. The Hall–Kier alpha value is -2.78. The molecule has 208 valence electrons. The first kappa shape index (κ1) is 30.8. The molecular weight excluding hydrogens is 581 g/mol. The lowest BCUT2D eigenvalue weighted by molar-refractivity contribution is -0.140. The fourth-order valence-electron chi connectivity index (χ4n) is 4.05. The Kier molecular flexibility index (Phi) is 10.7. The first-order valence-corrected chi connectivity index (χ1v) is 15.2. The number of benzene rings is 3. The van der Waals surface area contributed by atoms with E-state index in [-0.39, 0.29) is 24.6 Å². The molecule has 3 aromatic rings. The third kappa shape index (κ3) is 8.11. The Labute approximate surface area is 244 Å². The van der Waals surface area contributed by atoms with Gasteiger partial charge in [-0.2, -0.15) is 0 Å². The van der Waals surface area contributed by atoms with Crippen LogP contribution in [-0.4, -0.2) is 50.5 Å². The van der Waals surface area contributed by atoms with Gasteiger partial charge in [0.2, 0.25) is 21.8 Å². The maximum absolute atomic E-state index is 14.0. The quantitative estimate of drug-likeness (QED) is 0.311. The van der Waals surface area contributed by atoms with Crippen molar-refractivity contribution < 1.29 is 18.0 Å². The smallest absolute Gasteiger partial charge is 0.244 e. The van der Waals surface area contributed by atoms with Crippen LogP contribution >= 0.6 is 34.8 Å². The standard InChI is InChI=1S/C28H30Cl3N3O4S/c1-4-32-28(36)26(15-20-9-6-5-7-10-20)33(17-22-23(29)11-8-12-24(22)30)27(35)18-34(39(3,37)38)21-14-13-19(2)25(31)16-21/h5-14,16,26H,4,15,17-18H2,1-3H3,(H,32,36)/t26-/m1/s1. The predicted octanol–water partition coefficient (Wildman–Crippen LogP) is 5.50. The summed E-state index contributed by atoms with van der Waals surface area (Å²) in [7, 11) is -3.91. The molecule has 0 bridgehead atoms. The van der Waals surface area contributed by atoms with Gasteiger partial charge in [0.05, 0.1) is 11.9 Å². The summed E-state index contributed by atoms with van der Waals surface area (Å²) in [6.07, 6.45) is 1.20. The van der Waals surface area contributed by atoms with Crippen LogP contribution in [-0.2, 0) is 32.6 Å². The molecule has 0 heterocycles. The van der Waals surface area contributed by atoms with Gasteiger partial charge in [0.25, 0.3) is 0 Å². The zero-order valence-electron chi connectivity index (χ0n) is 21.8. The topological polar surface area (TPSA) is 86.8 Å². The minimum absolute atomic E-state index is 0.113. The van der Waals surface area contributed by atoms with Crippen LogP contribution in [0.15, 0.2) is 66.7 Å². The van der Waals surface area contributed by atoms with E-state index in [1.54, 1.807) is 44.2 Å². The number of hydrogen-bond acceptors (Lipinski definition) is 4. The van der Waals surface area contributed by atoms with Crippen molar-refractivity contribution in [1.82, 2.24) is 10.2 Å². The lowest BCUT2D eigenvalue weighted by Crippen LogP contribution is -2.53. The molecule has 0 aromatic heterocycles. The van der Waals surface area contributed by atoms with E-state index >= 15 is 0 Å². The van der Waals surface area contributed by atoms with Crippen molar-refractivity contribution in [3.8, 4) is 0 Å². The molecule has 0 radical (unpaired) electrons. The molecule has 0 spiro atoms. The van der Waals surface area contributed by atoms with Gasteiger partial charge in [-0.05, 0) is 49.2 Å². The van der Waals surface area contributed by atoms with Gasteiger partial charge < -0.3 is 10.2 Å². The molecule has 0 saturated heterocycles. The Bertz CT molecular complexity index is 1410. The number of amides is 2. The number of anilines is 1. The predicted molar refractivity (Wildman–Crippen MR) is 158 cm³/mol. The molecule has 0 aliphatic carbocycles. The average Bonchev–Trinajstić information content (AvgIpc) is 2.88. The van der Waals surface area contributed by atoms with E-state index in [0.717, 1.165) is 21.7 Å². The second kappa shape index (κ2) is 13.5. The van der Waals surface area contributed by atoms with Crippen molar-refractivity contribution in [2.24, 2.45) is 0 Å². The molecular formula is C28H30Cl3N3O4S. The Morgan fingerprint density at radius 3 is 2.13 bits per heavy atom. The monoisotopic (exact) mass is 609 g/mol. The highest BCUT2D eigenvalue weighted by atomic mass is 35.5. The zero-order valence-corrected chi connectivity index (χ0v) is 24.9. The van der Waals surface area contributed by atoms with E-state index in [2.05, 4.69) is 5.32 Å². The van der Waals surface area contributed by atoms with E-state index in [4.69, 9.17) is 34.8 Å². The highest BCUT2D eigenvalue weighted by Crippen LogP contribution is 2.29. The van der Waals surface area contributed by atoms with Gasteiger partial charge in [0.15, 0.2) is 0 Å². The number of aryl methyl sites for hydroxylation is 1. The Morgan fingerprint density at radius 2 is 1.56 bits per heavy atom. The number of likely N-dealkylation sites (N-methyl/N-ethyl adjacent to an activating group) is 1. The molecule has 0 saturated carbocycles. The second-order valence-corrected chi connectivity index (χ2v) is 12.2. The lowest BCUT2D eigenvalue weighted by atomic mass is 10.0. The second-order valence-electron chi connectivity index (χ2n) is 9.03. The summed E-state index contributed by atoms with van der Waals surface area (Å²) in [6, 6.07) is 18.0. The van der Waals surface area contributed by atoms with Gasteiger partial charge in [-0.1, -0.05) is 77.3 Å². The highest BCUT2D eigenvalue weighted by Gasteiger charge is 2.33. The van der Waals surface area contributed by atoms with Crippen LogP contribution in [0.5, 0.6) is 0 Å². The minimum atomic E-state index is -3.91. The molecule has 3 rings (SSSR count). The van der Waals surface area contributed by atoms with Crippen LogP contribution in [0.25, 0.3) is 0 Å². The molecule has 0 unspecified atom stereocenters. The summed E-state index contributed by atoms with van der Waals surface area (Å²) in [5.41, 5.74) is 2.26. The van der Waals surface area contributed by atoms with Crippen molar-refractivity contribution in [3.63, 3.8) is 0 Å². The maximum Gasteiger partial charge on any atom is 0.244 e. The summed E-state index contributed by atoms with van der Waals surface area (Å²) >= 11 is 19.2. The van der Waals surface area contributed by atoms with E-state index in [1.165, 1.54) is 11.0 Å². The van der Waals surface area contributed by atoms with Crippen molar-refractivity contribution in [3.05, 3.63) is 98.5 Å². The molecule has 7 nitrogen and oxygen atoms in total. The molecule has 0 fully saturated rings. The molecule has 3 aromatic carbocycles. The number of hydrogen-bond donors (Lipinski definition) is 1. The molecule has 0 aliphatic heterocycles. The van der Waals surface area contributed by atoms with E-state index in [1.807, 2.05) is 30.3 Å². The first-order chi connectivity index (χ1) is 18.4. The number of carbonyl (C=O) groups excluding carboxylic acids is 2. The fourth-order valence-corrected chi connectivity index (χ4v) is 5.58. The summed E-state index contributed by atoms with van der Waals surface area (Å²) in [4.78, 5) is 28.7. The third-order valence-corrected chi connectivity index (χ3v) is 8.39. The first-order valence-electron chi connectivity index (χ1n) is 12.2. The van der Waals surface area contributed by atoms with Gasteiger partial charge in [-0.3, -0.25) is 13.9 Å². The summed E-state index contributed by atoms with van der Waals surface area (Å²) in [5.74, 6) is -0.998. The van der Waals surface area contributed by atoms with Crippen LogP contribution < -0.4 is 9.62 Å². The van der Waals surface area contributed by atoms with Gasteiger partial charge >= 0.3 is 0 Å². The van der Waals surface area contributed by atoms with Gasteiger partial charge in [-0.15, -0.1) is 0 Å². The molecule has 39 heavy (non-hydrogen) atoms. The Balaban J connectivity index is 2.09. The number of halogens is 3. The fraction of sp³-hybridized carbons (Fsp3) is 0.286. The molecule has 2 amide bonds. The van der Waals surface area contributed by atoms with E-state index in [0.29, 0.717) is 27.2 Å². The number of carbonyl (C=O) groups is 2. The largest absolute Gasteiger partial charge is 0.355 e. The molecule has 0 aliphatic rings. The van der Waals surface area contributed by atoms with Gasteiger partial charge in [0, 0.05) is 40.1 Å². The van der Waals surface area contributed by atoms with Crippen LogP contribution in [0.2, 0.25) is 15.1 Å². The van der Waals surface area contributed by atoms with E-state index < -0.39 is 28.5 Å². The van der Waals surface area contributed by atoms with Crippen molar-refractivity contribution in [2.45, 2.75) is 32.9 Å². The lowest BCUT2D eigenvalue weighted by Gasteiger charge is -2.34. The summed E-state index contributed by atoms with van der Waals surface area (Å²) in [6.45, 7) is 3.23. The zero-order chi connectivity index (χ0) is 28.7. The van der Waals surface area contributed by atoms with Crippen LogP contribution in [0.4, 0.5) is 5.69 Å².